The monoisotopic (exact) mass is 338 g/mol. The topological polar surface area (TPSA) is 62.6 Å². The number of methoxy groups -OCH3 is 3. The highest BCUT2D eigenvalue weighted by Crippen LogP contribution is 2.38. The third-order valence-corrected chi connectivity index (χ3v) is 3.83. The maximum atomic E-state index is 12.8. The van der Waals surface area contributed by atoms with E-state index >= 15 is 0 Å². The molecule has 0 atom stereocenters. The van der Waals surface area contributed by atoms with Gasteiger partial charge in [-0.05, 0) is 24.3 Å². The third kappa shape index (κ3) is 3.19. The molecule has 0 fully saturated rings. The van der Waals surface area contributed by atoms with Gasteiger partial charge in [-0.3, -0.25) is 14.3 Å². The molecule has 25 heavy (non-hydrogen) atoms. The number of aromatic nitrogens is 2. The average Bonchev–Trinajstić information content (AvgIpc) is 3.17. The number of carbonyl (C=O) groups is 1. The molecular formula is C19H18N2O4. The summed E-state index contributed by atoms with van der Waals surface area (Å²) in [6.45, 7) is 0. The van der Waals surface area contributed by atoms with Gasteiger partial charge in [0.25, 0.3) is 5.91 Å². The average molecular weight is 338 g/mol. The third-order valence-electron chi connectivity index (χ3n) is 3.83. The lowest BCUT2D eigenvalue weighted by Crippen LogP contribution is -2.10. The van der Waals surface area contributed by atoms with E-state index < -0.39 is 0 Å². The van der Waals surface area contributed by atoms with Crippen LogP contribution in [0.2, 0.25) is 0 Å². The van der Waals surface area contributed by atoms with Crippen molar-refractivity contribution in [1.82, 2.24) is 9.55 Å². The molecule has 0 radical (unpaired) electrons. The Morgan fingerprint density at radius 3 is 2.28 bits per heavy atom. The van der Waals surface area contributed by atoms with Gasteiger partial charge in [0.1, 0.15) is 0 Å². The van der Waals surface area contributed by atoms with Crippen LogP contribution in [-0.2, 0) is 0 Å². The van der Waals surface area contributed by atoms with Gasteiger partial charge in [-0.15, -0.1) is 0 Å². The highest BCUT2D eigenvalue weighted by atomic mass is 16.5. The van der Waals surface area contributed by atoms with Crippen molar-refractivity contribution >= 4 is 5.91 Å². The van der Waals surface area contributed by atoms with Crippen LogP contribution in [0.1, 0.15) is 10.4 Å². The van der Waals surface area contributed by atoms with Crippen molar-refractivity contribution in [2.75, 3.05) is 21.3 Å². The minimum absolute atomic E-state index is 0.200. The lowest BCUT2D eigenvalue weighted by molar-refractivity contribution is 0.0959. The summed E-state index contributed by atoms with van der Waals surface area (Å²) in [5, 5.41) is 0. The molecule has 128 valence electrons. The van der Waals surface area contributed by atoms with Crippen LogP contribution >= 0.6 is 0 Å². The fourth-order valence-corrected chi connectivity index (χ4v) is 2.58. The lowest BCUT2D eigenvalue weighted by atomic mass is 10.1. The van der Waals surface area contributed by atoms with Gasteiger partial charge in [-0.1, -0.05) is 6.07 Å². The van der Waals surface area contributed by atoms with Crippen molar-refractivity contribution in [1.29, 1.82) is 0 Å². The molecule has 0 aliphatic heterocycles. The van der Waals surface area contributed by atoms with Gasteiger partial charge in [0.15, 0.2) is 11.5 Å². The van der Waals surface area contributed by atoms with Gasteiger partial charge in [0.2, 0.25) is 5.75 Å². The minimum atomic E-state index is -0.200. The van der Waals surface area contributed by atoms with Crippen molar-refractivity contribution < 1.29 is 19.0 Å². The molecule has 6 nitrogen and oxygen atoms in total. The summed E-state index contributed by atoms with van der Waals surface area (Å²) in [5.74, 6) is 1.12. The van der Waals surface area contributed by atoms with Crippen LogP contribution < -0.4 is 14.2 Å². The molecule has 0 unspecified atom stereocenters. The first-order valence-electron chi connectivity index (χ1n) is 7.61. The molecule has 0 aliphatic rings. The summed E-state index contributed by atoms with van der Waals surface area (Å²) >= 11 is 0. The number of nitrogens with zero attached hydrogens (tertiary/aromatic N) is 2. The maximum Gasteiger partial charge on any atom is 0.262 e. The van der Waals surface area contributed by atoms with Crippen LogP contribution in [0.4, 0.5) is 0 Å². The molecule has 0 aliphatic carbocycles. The summed E-state index contributed by atoms with van der Waals surface area (Å²) in [6, 6.07) is 8.93. The molecule has 3 aromatic rings. The molecule has 0 amide bonds. The number of carbonyl (C=O) groups excluding carboxylic acids is 1. The van der Waals surface area contributed by atoms with Gasteiger partial charge >= 0.3 is 0 Å². The predicted molar refractivity (Wildman–Crippen MR) is 93.5 cm³/mol. The molecule has 1 aromatic carbocycles. The highest BCUT2D eigenvalue weighted by molar-refractivity contribution is 5.97. The Balaban J connectivity index is 1.97. The number of hydrogen-bond donors (Lipinski definition) is 0. The first-order valence-corrected chi connectivity index (χ1v) is 7.61. The molecule has 2 heterocycles. The summed E-state index contributed by atoms with van der Waals surface area (Å²) in [7, 11) is 4.55. The molecule has 0 saturated heterocycles. The summed E-state index contributed by atoms with van der Waals surface area (Å²) in [5.41, 5.74) is 2.29. The molecule has 0 saturated carbocycles. The molecule has 0 N–H and O–H groups in total. The number of hydrogen-bond acceptors (Lipinski definition) is 5. The molecule has 6 heteroatoms. The van der Waals surface area contributed by atoms with Crippen LogP contribution in [0.15, 0.2) is 55.1 Å². The zero-order valence-corrected chi connectivity index (χ0v) is 14.2. The van der Waals surface area contributed by atoms with Gasteiger partial charge in [-0.25, -0.2) is 0 Å². The molecular weight excluding hydrogens is 320 g/mol. The number of ether oxygens (including phenoxy) is 3. The summed E-state index contributed by atoms with van der Waals surface area (Å²) in [4.78, 5) is 16.9. The largest absolute Gasteiger partial charge is 0.493 e. The quantitative estimate of drug-likeness (QED) is 0.714. The zero-order valence-electron chi connectivity index (χ0n) is 14.2. The lowest BCUT2D eigenvalue weighted by Gasteiger charge is -2.13. The van der Waals surface area contributed by atoms with E-state index in [-0.39, 0.29) is 5.91 Å². The van der Waals surface area contributed by atoms with Gasteiger partial charge in [0.05, 0.1) is 21.3 Å². The first-order chi connectivity index (χ1) is 12.2. The Hall–Kier alpha value is -3.28. The standard InChI is InChI=1S/C19H18N2O4/c1-23-16-9-15(10-17(24-2)18(16)25-3)19(22)21-8-6-14(12-21)13-5-4-7-20-11-13/h4-12H,1-3H3. The van der Waals surface area contributed by atoms with Crippen molar-refractivity contribution in [3.05, 3.63) is 60.7 Å². The SMILES string of the molecule is COc1cc(C(=O)n2ccc(-c3cccnc3)c2)cc(OC)c1OC. The Morgan fingerprint density at radius 1 is 1.00 bits per heavy atom. The normalized spacial score (nSPS) is 10.4. The van der Waals surface area contributed by atoms with Crippen molar-refractivity contribution in [3.63, 3.8) is 0 Å². The zero-order chi connectivity index (χ0) is 17.8. The van der Waals surface area contributed by atoms with Crippen molar-refractivity contribution in [2.45, 2.75) is 0 Å². The van der Waals surface area contributed by atoms with Crippen LogP contribution in [-0.4, -0.2) is 36.8 Å². The van der Waals surface area contributed by atoms with Crippen molar-refractivity contribution in [2.24, 2.45) is 0 Å². The smallest absolute Gasteiger partial charge is 0.262 e. The van der Waals surface area contributed by atoms with E-state index in [9.17, 15) is 4.79 Å². The molecule has 2 aromatic heterocycles. The van der Waals surface area contributed by atoms with E-state index in [1.54, 1.807) is 36.9 Å². The first kappa shape index (κ1) is 16.6. The minimum Gasteiger partial charge on any atom is -0.493 e. The van der Waals surface area contributed by atoms with Gasteiger partial charge < -0.3 is 14.2 Å². The van der Waals surface area contributed by atoms with Crippen LogP contribution in [0.25, 0.3) is 11.1 Å². The molecule has 0 spiro atoms. The Bertz CT molecular complexity index is 862. The fraction of sp³-hybridized carbons (Fsp3) is 0.158. The van der Waals surface area contributed by atoms with Crippen molar-refractivity contribution in [3.8, 4) is 28.4 Å². The van der Waals surface area contributed by atoms with E-state index in [1.807, 2.05) is 18.2 Å². The second-order valence-corrected chi connectivity index (χ2v) is 5.27. The van der Waals surface area contributed by atoms with Crippen LogP contribution in [0, 0.1) is 0 Å². The van der Waals surface area contributed by atoms with Crippen LogP contribution in [0.3, 0.4) is 0 Å². The van der Waals surface area contributed by atoms with E-state index in [1.165, 1.54) is 25.9 Å². The van der Waals surface area contributed by atoms with Crippen LogP contribution in [0.5, 0.6) is 17.2 Å². The maximum absolute atomic E-state index is 12.8. The number of rotatable bonds is 5. The van der Waals surface area contributed by atoms with E-state index in [2.05, 4.69) is 4.98 Å². The second-order valence-electron chi connectivity index (χ2n) is 5.27. The van der Waals surface area contributed by atoms with Gasteiger partial charge in [-0.2, -0.15) is 0 Å². The molecule has 3 rings (SSSR count). The summed E-state index contributed by atoms with van der Waals surface area (Å²) < 4.78 is 17.4. The highest BCUT2D eigenvalue weighted by Gasteiger charge is 2.18. The van der Waals surface area contributed by atoms with E-state index in [0.29, 0.717) is 22.8 Å². The van der Waals surface area contributed by atoms with E-state index in [4.69, 9.17) is 14.2 Å². The summed E-state index contributed by atoms with van der Waals surface area (Å²) in [6.07, 6.45) is 6.95. The Morgan fingerprint density at radius 2 is 1.72 bits per heavy atom. The van der Waals surface area contributed by atoms with Gasteiger partial charge in [0, 0.05) is 41.5 Å². The Labute approximate surface area is 145 Å². The predicted octanol–water partition coefficient (Wildman–Crippen LogP) is 3.26. The Kier molecular flexibility index (Phi) is 4.70. The molecule has 0 bridgehead atoms. The second kappa shape index (κ2) is 7.09. The fourth-order valence-electron chi connectivity index (χ4n) is 2.58. The van der Waals surface area contributed by atoms with E-state index in [0.717, 1.165) is 11.1 Å². The number of pyridine rings is 1. The number of benzene rings is 1.